The third kappa shape index (κ3) is 6.89. The molecule has 0 spiro atoms. The smallest absolute Gasteiger partial charge is 0.267 e. The third-order valence-corrected chi connectivity index (χ3v) is 5.41. The number of carbonyl (C=O) groups is 2. The van der Waals surface area contributed by atoms with Crippen LogP contribution in [0.2, 0.25) is 0 Å². The molecule has 2 aromatic carbocycles. The molecular weight excluding hydrogens is 394 g/mol. The summed E-state index contributed by atoms with van der Waals surface area (Å²) >= 11 is 0. The van der Waals surface area contributed by atoms with E-state index in [1.165, 1.54) is 5.56 Å². The predicted molar refractivity (Wildman–Crippen MR) is 121 cm³/mol. The van der Waals surface area contributed by atoms with Crippen LogP contribution in [-0.2, 0) is 16.0 Å². The molecule has 1 atom stereocenters. The van der Waals surface area contributed by atoms with Crippen molar-refractivity contribution >= 4 is 11.8 Å². The van der Waals surface area contributed by atoms with E-state index in [4.69, 9.17) is 9.94 Å². The van der Waals surface area contributed by atoms with Gasteiger partial charge in [-0.2, -0.15) is 0 Å². The highest BCUT2D eigenvalue weighted by Gasteiger charge is 2.23. The van der Waals surface area contributed by atoms with Gasteiger partial charge in [0.25, 0.3) is 11.8 Å². The maximum atomic E-state index is 12.6. The second-order valence-electron chi connectivity index (χ2n) is 7.42. The minimum Gasteiger partial charge on any atom is -0.381 e. The Morgan fingerprint density at radius 1 is 1.03 bits per heavy atom. The Morgan fingerprint density at radius 3 is 2.16 bits per heavy atom. The summed E-state index contributed by atoms with van der Waals surface area (Å²) < 4.78 is 5.32. The van der Waals surface area contributed by atoms with Gasteiger partial charge >= 0.3 is 0 Å². The molecule has 1 heterocycles. The number of ether oxygens (including phenoxy) is 1. The molecule has 0 aromatic heterocycles. The van der Waals surface area contributed by atoms with E-state index in [0.29, 0.717) is 18.8 Å². The van der Waals surface area contributed by atoms with Crippen molar-refractivity contribution in [2.45, 2.75) is 45.7 Å². The maximum absolute atomic E-state index is 12.6. The second-order valence-corrected chi connectivity index (χ2v) is 7.42. The Kier molecular flexibility index (Phi) is 9.65. The average molecular weight is 428 g/mol. The Labute approximate surface area is 184 Å². The van der Waals surface area contributed by atoms with Crippen molar-refractivity contribution in [3.63, 3.8) is 0 Å². The Hall–Kier alpha value is -2.74. The molecule has 1 aliphatic heterocycles. The highest BCUT2D eigenvalue weighted by atomic mass is 16.5. The third-order valence-electron chi connectivity index (χ3n) is 5.41. The van der Waals surface area contributed by atoms with E-state index < -0.39 is 11.9 Å². The summed E-state index contributed by atoms with van der Waals surface area (Å²) in [6.07, 6.45) is 2.69. The molecule has 7 heteroatoms. The molecule has 0 aliphatic carbocycles. The first-order chi connectivity index (χ1) is 14.6. The Morgan fingerprint density at radius 2 is 1.61 bits per heavy atom. The second kappa shape index (κ2) is 12.2. The topological polar surface area (TPSA) is 99.7 Å². The predicted octanol–water partition coefficient (Wildman–Crippen LogP) is 2.92. The first-order valence-electron chi connectivity index (χ1n) is 10.4. The maximum Gasteiger partial charge on any atom is 0.267 e. The fourth-order valence-electron chi connectivity index (χ4n) is 3.46. The van der Waals surface area contributed by atoms with E-state index in [1.54, 1.807) is 17.6 Å². The minimum atomic E-state index is -0.883. The highest BCUT2D eigenvalue weighted by molar-refractivity contribution is 5.97. The Balaban J connectivity index is 0.00000341. The quantitative estimate of drug-likeness (QED) is 0.383. The number of carbonyl (C=O) groups excluding carboxylic acids is 2. The fourth-order valence-corrected chi connectivity index (χ4v) is 3.46. The summed E-state index contributed by atoms with van der Waals surface area (Å²) in [6.45, 7) is 3.69. The van der Waals surface area contributed by atoms with Gasteiger partial charge in [-0.05, 0) is 48.1 Å². The van der Waals surface area contributed by atoms with Crippen molar-refractivity contribution in [2.75, 3.05) is 19.8 Å². The molecule has 1 aliphatic rings. The number of hydroxylamine groups is 1. The van der Waals surface area contributed by atoms with Crippen LogP contribution >= 0.6 is 0 Å². The summed E-state index contributed by atoms with van der Waals surface area (Å²) in [5.41, 5.74) is 5.45. The molecule has 0 saturated carbocycles. The van der Waals surface area contributed by atoms with Crippen LogP contribution in [0, 0.1) is 0 Å². The van der Waals surface area contributed by atoms with E-state index in [9.17, 15) is 9.59 Å². The minimum absolute atomic E-state index is 0. The first kappa shape index (κ1) is 24.5. The van der Waals surface area contributed by atoms with Crippen LogP contribution in [-0.4, -0.2) is 48.9 Å². The van der Waals surface area contributed by atoms with E-state index in [1.807, 2.05) is 12.1 Å². The highest BCUT2D eigenvalue weighted by Crippen LogP contribution is 2.20. The number of nitrogens with one attached hydrogen (secondary N) is 3. The summed E-state index contributed by atoms with van der Waals surface area (Å²) in [5.74, 6) is -1.03. The van der Waals surface area contributed by atoms with Crippen molar-refractivity contribution < 1.29 is 19.5 Å². The lowest BCUT2D eigenvalue weighted by Gasteiger charge is -2.25. The van der Waals surface area contributed by atoms with Crippen LogP contribution in [0.25, 0.3) is 11.1 Å². The number of rotatable bonds is 8. The molecule has 0 unspecified atom stereocenters. The van der Waals surface area contributed by atoms with Crippen molar-refractivity contribution in [3.05, 3.63) is 59.7 Å². The van der Waals surface area contributed by atoms with Gasteiger partial charge in [-0.25, -0.2) is 5.48 Å². The zero-order valence-corrected chi connectivity index (χ0v) is 17.2. The van der Waals surface area contributed by atoms with Crippen LogP contribution in [0.15, 0.2) is 48.5 Å². The molecule has 2 amide bonds. The van der Waals surface area contributed by atoms with Gasteiger partial charge in [0.2, 0.25) is 0 Å². The van der Waals surface area contributed by atoms with Gasteiger partial charge < -0.3 is 15.4 Å². The van der Waals surface area contributed by atoms with E-state index >= 15 is 0 Å². The van der Waals surface area contributed by atoms with Crippen molar-refractivity contribution in [1.29, 1.82) is 0 Å². The van der Waals surface area contributed by atoms with Crippen molar-refractivity contribution in [1.82, 2.24) is 16.1 Å². The monoisotopic (exact) mass is 427 g/mol. The van der Waals surface area contributed by atoms with E-state index in [2.05, 4.69) is 41.8 Å². The molecule has 168 valence electrons. The van der Waals surface area contributed by atoms with E-state index in [0.717, 1.165) is 30.4 Å². The molecule has 1 saturated heterocycles. The molecule has 0 radical (unpaired) electrons. The van der Waals surface area contributed by atoms with Gasteiger partial charge in [-0.15, -0.1) is 0 Å². The lowest BCUT2D eigenvalue weighted by molar-refractivity contribution is -0.131. The zero-order chi connectivity index (χ0) is 21.3. The lowest BCUT2D eigenvalue weighted by atomic mass is 10.0. The molecule has 0 bridgehead atoms. The van der Waals surface area contributed by atoms with Crippen molar-refractivity contribution in [3.8, 4) is 11.1 Å². The molecule has 31 heavy (non-hydrogen) atoms. The van der Waals surface area contributed by atoms with Crippen molar-refractivity contribution in [2.24, 2.45) is 0 Å². The number of amides is 2. The van der Waals surface area contributed by atoms with Gasteiger partial charge in [0.15, 0.2) is 0 Å². The van der Waals surface area contributed by atoms with Crippen LogP contribution in [0.5, 0.6) is 0 Å². The van der Waals surface area contributed by atoms with E-state index in [-0.39, 0.29) is 25.9 Å². The summed E-state index contributed by atoms with van der Waals surface area (Å²) in [6, 6.07) is 14.9. The Bertz CT molecular complexity index is 831. The van der Waals surface area contributed by atoms with Crippen LogP contribution in [0.1, 0.15) is 43.1 Å². The first-order valence-corrected chi connectivity index (χ1v) is 10.4. The number of hydrogen-bond acceptors (Lipinski definition) is 5. The number of aryl methyl sites for hydroxylation is 1. The SMILES string of the molecule is C.CCc1ccc(-c2ccc(C(=O)N[C@@H](CNC3CCOCC3)C(=O)NO)cc2)cc1. The van der Waals surface area contributed by atoms with Crippen LogP contribution in [0.3, 0.4) is 0 Å². The molecular formula is C24H33N3O4. The molecule has 3 rings (SSSR count). The normalized spacial score (nSPS) is 14.9. The number of benzene rings is 2. The van der Waals surface area contributed by atoms with Gasteiger partial charge in [0, 0.05) is 31.4 Å². The van der Waals surface area contributed by atoms with Gasteiger partial charge in [0.1, 0.15) is 6.04 Å². The summed E-state index contributed by atoms with van der Waals surface area (Å²) in [7, 11) is 0. The standard InChI is InChI=1S/C23H29N3O4.CH4/c1-2-16-3-5-17(6-4-16)18-7-9-19(10-8-18)22(27)25-21(23(28)26-29)15-24-20-11-13-30-14-12-20;/h3-10,20-21,24,29H,2,11-15H2,1H3,(H,25,27)(H,26,28);1H4/t21-;/m0./s1. The molecule has 4 N–H and O–H groups in total. The van der Waals surface area contributed by atoms with Gasteiger partial charge in [-0.1, -0.05) is 50.7 Å². The average Bonchev–Trinajstić information content (AvgIpc) is 2.82. The largest absolute Gasteiger partial charge is 0.381 e. The molecule has 2 aromatic rings. The number of hydrogen-bond donors (Lipinski definition) is 4. The molecule has 1 fully saturated rings. The van der Waals surface area contributed by atoms with Crippen LogP contribution in [0.4, 0.5) is 0 Å². The van der Waals surface area contributed by atoms with Crippen LogP contribution < -0.4 is 16.1 Å². The zero-order valence-electron chi connectivity index (χ0n) is 17.2. The lowest BCUT2D eigenvalue weighted by Crippen LogP contribution is -2.53. The van der Waals surface area contributed by atoms with Gasteiger partial charge in [0.05, 0.1) is 0 Å². The van der Waals surface area contributed by atoms with Gasteiger partial charge in [-0.3, -0.25) is 14.8 Å². The summed E-state index contributed by atoms with van der Waals surface area (Å²) in [4.78, 5) is 24.6. The molecule has 7 nitrogen and oxygen atoms in total. The summed E-state index contributed by atoms with van der Waals surface area (Å²) in [5, 5.41) is 15.0. The fraction of sp³-hybridized carbons (Fsp3) is 0.417.